The van der Waals surface area contributed by atoms with Gasteiger partial charge in [0.25, 0.3) is 0 Å². The van der Waals surface area contributed by atoms with Crippen LogP contribution in [0.4, 0.5) is 13.2 Å². The predicted octanol–water partition coefficient (Wildman–Crippen LogP) is 5.20. The van der Waals surface area contributed by atoms with Gasteiger partial charge in [0, 0.05) is 65.4 Å². The molecule has 0 saturated heterocycles. The van der Waals surface area contributed by atoms with Crippen molar-refractivity contribution < 1.29 is 18.3 Å². The number of thiophene rings is 1. The standard InChI is InChI=1S/C24H21F3N6OS/c1-32-12-14-8-13(11-28-21(14)31-32)18-9-16(19-6-7-29-33(19)2)17-10-20(35-22(17)30-18)23(34,24(25,26)27)15-4-3-5-15/h6-12,15,34H,3-5H2,1-2H3. The minimum atomic E-state index is -4.79. The van der Waals surface area contributed by atoms with Crippen molar-refractivity contribution in [2.24, 2.45) is 20.0 Å². The van der Waals surface area contributed by atoms with Crippen molar-refractivity contribution in [3.63, 3.8) is 0 Å². The van der Waals surface area contributed by atoms with Gasteiger partial charge < -0.3 is 5.11 Å². The lowest BCUT2D eigenvalue weighted by Crippen LogP contribution is -2.50. The second kappa shape index (κ2) is 7.59. The van der Waals surface area contributed by atoms with Crippen molar-refractivity contribution in [1.29, 1.82) is 0 Å². The van der Waals surface area contributed by atoms with E-state index in [1.165, 1.54) is 6.07 Å². The van der Waals surface area contributed by atoms with Gasteiger partial charge in [0.15, 0.2) is 11.2 Å². The van der Waals surface area contributed by atoms with Gasteiger partial charge in [-0.15, -0.1) is 11.3 Å². The summed E-state index contributed by atoms with van der Waals surface area (Å²) in [6, 6.07) is 7.00. The molecule has 5 heterocycles. The molecule has 5 aromatic rings. The summed E-state index contributed by atoms with van der Waals surface area (Å²) in [5.74, 6) is -0.854. The first-order chi connectivity index (χ1) is 16.6. The van der Waals surface area contributed by atoms with Crippen molar-refractivity contribution in [3.05, 3.63) is 47.7 Å². The Morgan fingerprint density at radius 2 is 1.94 bits per heavy atom. The zero-order chi connectivity index (χ0) is 24.5. The molecule has 0 spiro atoms. The normalized spacial score (nSPS) is 16.6. The number of pyridine rings is 2. The van der Waals surface area contributed by atoms with Crippen LogP contribution in [0.1, 0.15) is 24.1 Å². The quantitative estimate of drug-likeness (QED) is 0.369. The van der Waals surface area contributed by atoms with Gasteiger partial charge in [-0.3, -0.25) is 9.36 Å². The Balaban J connectivity index is 1.59. The van der Waals surface area contributed by atoms with Gasteiger partial charge in [-0.05, 0) is 37.1 Å². The Labute approximate surface area is 201 Å². The molecule has 11 heteroatoms. The Bertz CT molecular complexity index is 1580. The molecule has 1 saturated carbocycles. The van der Waals surface area contributed by atoms with E-state index in [1.54, 1.807) is 34.9 Å². The Hall–Kier alpha value is -3.31. The molecule has 35 heavy (non-hydrogen) atoms. The van der Waals surface area contributed by atoms with Gasteiger partial charge in [0.05, 0.1) is 11.4 Å². The van der Waals surface area contributed by atoms with Crippen molar-refractivity contribution in [1.82, 2.24) is 29.5 Å². The number of alkyl halides is 3. The first-order valence-electron chi connectivity index (χ1n) is 11.2. The maximum atomic E-state index is 14.2. The monoisotopic (exact) mass is 498 g/mol. The first-order valence-corrected chi connectivity index (χ1v) is 12.0. The summed E-state index contributed by atoms with van der Waals surface area (Å²) in [7, 11) is 3.58. The third kappa shape index (κ3) is 3.36. The summed E-state index contributed by atoms with van der Waals surface area (Å²) >= 11 is 0.895. The van der Waals surface area contributed by atoms with Crippen LogP contribution in [0, 0.1) is 5.92 Å². The van der Waals surface area contributed by atoms with Crippen molar-refractivity contribution in [3.8, 4) is 22.5 Å². The minimum Gasteiger partial charge on any atom is -0.375 e. The van der Waals surface area contributed by atoms with E-state index in [2.05, 4.69) is 15.2 Å². The van der Waals surface area contributed by atoms with Gasteiger partial charge in [-0.1, -0.05) is 6.42 Å². The van der Waals surface area contributed by atoms with Crippen LogP contribution >= 0.6 is 11.3 Å². The second-order valence-electron chi connectivity index (χ2n) is 9.06. The average molecular weight is 499 g/mol. The van der Waals surface area contributed by atoms with Crippen LogP contribution in [0.5, 0.6) is 0 Å². The number of fused-ring (bicyclic) bond motifs is 2. The fourth-order valence-corrected chi connectivity index (χ4v) is 6.02. The van der Waals surface area contributed by atoms with Crippen LogP contribution in [0.25, 0.3) is 43.8 Å². The molecule has 0 bridgehead atoms. The molecule has 1 atom stereocenters. The van der Waals surface area contributed by atoms with Crippen LogP contribution in [0.3, 0.4) is 0 Å². The van der Waals surface area contributed by atoms with Crippen molar-refractivity contribution in [2.45, 2.75) is 31.0 Å². The molecular formula is C24H21F3N6OS. The molecule has 1 unspecified atom stereocenters. The van der Waals surface area contributed by atoms with E-state index >= 15 is 0 Å². The van der Waals surface area contributed by atoms with E-state index in [-0.39, 0.29) is 4.88 Å². The Morgan fingerprint density at radius 1 is 1.14 bits per heavy atom. The SMILES string of the molecule is Cn1cc2cc(-c3cc(-c4ccnn4C)c4cc(C(O)(C5CCC5)C(F)(F)F)sc4n3)cnc2n1. The molecule has 0 aromatic carbocycles. The van der Waals surface area contributed by atoms with Gasteiger partial charge in [-0.25, -0.2) is 9.97 Å². The van der Waals surface area contributed by atoms with Gasteiger partial charge in [0.2, 0.25) is 0 Å². The second-order valence-corrected chi connectivity index (χ2v) is 10.1. The molecule has 0 aliphatic heterocycles. The summed E-state index contributed by atoms with van der Waals surface area (Å²) in [4.78, 5) is 9.43. The number of halogens is 3. The Kier molecular flexibility index (Phi) is 4.81. The molecule has 1 N–H and O–H groups in total. The molecule has 0 radical (unpaired) electrons. The zero-order valence-electron chi connectivity index (χ0n) is 18.9. The van der Waals surface area contributed by atoms with E-state index in [4.69, 9.17) is 4.98 Å². The third-order valence-electron chi connectivity index (χ3n) is 6.88. The van der Waals surface area contributed by atoms with Gasteiger partial charge in [-0.2, -0.15) is 23.4 Å². The fraction of sp³-hybridized carbons (Fsp3) is 0.333. The van der Waals surface area contributed by atoms with E-state index in [1.807, 2.05) is 25.4 Å². The number of hydrogen-bond acceptors (Lipinski definition) is 6. The average Bonchev–Trinajstić information content (AvgIpc) is 3.47. The highest BCUT2D eigenvalue weighted by Crippen LogP contribution is 2.54. The molecule has 0 amide bonds. The maximum Gasteiger partial charge on any atom is 0.422 e. The number of aromatic nitrogens is 6. The van der Waals surface area contributed by atoms with E-state index < -0.39 is 17.7 Å². The first kappa shape index (κ1) is 22.2. The minimum absolute atomic E-state index is 0.126. The number of nitrogens with zero attached hydrogens (tertiary/aromatic N) is 6. The largest absolute Gasteiger partial charge is 0.422 e. The lowest BCUT2D eigenvalue weighted by Gasteiger charge is -2.41. The summed E-state index contributed by atoms with van der Waals surface area (Å²) in [5, 5.41) is 21.0. The van der Waals surface area contributed by atoms with Crippen LogP contribution in [0.15, 0.2) is 42.9 Å². The summed E-state index contributed by atoms with van der Waals surface area (Å²) in [6.45, 7) is 0. The fourth-order valence-electron chi connectivity index (χ4n) is 4.77. The van der Waals surface area contributed by atoms with Crippen LogP contribution in [0.2, 0.25) is 0 Å². The summed E-state index contributed by atoms with van der Waals surface area (Å²) < 4.78 is 46.0. The predicted molar refractivity (Wildman–Crippen MR) is 127 cm³/mol. The van der Waals surface area contributed by atoms with Crippen LogP contribution in [-0.2, 0) is 19.7 Å². The van der Waals surface area contributed by atoms with E-state index in [0.29, 0.717) is 46.4 Å². The number of hydrogen-bond donors (Lipinski definition) is 1. The number of aliphatic hydroxyl groups is 1. The Morgan fingerprint density at radius 3 is 2.60 bits per heavy atom. The summed E-state index contributed by atoms with van der Waals surface area (Å²) in [5.41, 5.74) is 0.416. The summed E-state index contributed by atoms with van der Waals surface area (Å²) in [6.07, 6.45) is 1.72. The molecule has 7 nitrogen and oxygen atoms in total. The number of rotatable bonds is 4. The molecular weight excluding hydrogens is 477 g/mol. The van der Waals surface area contributed by atoms with Crippen LogP contribution < -0.4 is 0 Å². The van der Waals surface area contributed by atoms with E-state index in [0.717, 1.165) is 28.0 Å². The molecule has 6 rings (SSSR count). The highest BCUT2D eigenvalue weighted by Gasteiger charge is 2.61. The lowest BCUT2D eigenvalue weighted by molar-refractivity contribution is -0.294. The molecule has 5 aromatic heterocycles. The number of aryl methyl sites for hydroxylation is 2. The van der Waals surface area contributed by atoms with Gasteiger partial charge >= 0.3 is 6.18 Å². The van der Waals surface area contributed by atoms with Crippen molar-refractivity contribution in [2.75, 3.05) is 0 Å². The van der Waals surface area contributed by atoms with E-state index in [9.17, 15) is 18.3 Å². The lowest BCUT2D eigenvalue weighted by atomic mass is 9.71. The molecule has 180 valence electrons. The molecule has 1 aliphatic carbocycles. The zero-order valence-corrected chi connectivity index (χ0v) is 19.7. The van der Waals surface area contributed by atoms with Crippen LogP contribution in [-0.4, -0.2) is 40.8 Å². The molecule has 1 fully saturated rings. The molecule has 1 aliphatic rings. The highest BCUT2D eigenvalue weighted by molar-refractivity contribution is 7.18. The highest BCUT2D eigenvalue weighted by atomic mass is 32.1. The topological polar surface area (TPSA) is 81.7 Å². The van der Waals surface area contributed by atoms with Gasteiger partial charge in [0.1, 0.15) is 4.83 Å². The smallest absolute Gasteiger partial charge is 0.375 e. The van der Waals surface area contributed by atoms with Crippen molar-refractivity contribution >= 4 is 32.6 Å². The maximum absolute atomic E-state index is 14.2. The third-order valence-corrected chi connectivity index (χ3v) is 8.03.